The van der Waals surface area contributed by atoms with E-state index < -0.39 is 24.2 Å². The molecule has 3 aromatic heterocycles. The third-order valence-electron chi connectivity index (χ3n) is 10.2. The maximum absolute atomic E-state index is 13.8. The predicted molar refractivity (Wildman–Crippen MR) is 219 cm³/mol. The van der Waals surface area contributed by atoms with E-state index in [1.54, 1.807) is 36.0 Å². The molecule has 5 rings (SSSR count). The van der Waals surface area contributed by atoms with E-state index in [9.17, 15) is 19.5 Å². The molecule has 2 saturated heterocycles. The number of unbranched alkanes of at least 4 members (excludes halogenated alkanes) is 1. The fourth-order valence-electron chi connectivity index (χ4n) is 6.78. The van der Waals surface area contributed by atoms with Crippen molar-refractivity contribution in [2.75, 3.05) is 120 Å². The summed E-state index contributed by atoms with van der Waals surface area (Å²) in [6, 6.07) is -1.53. The molecule has 3 atom stereocenters. The number of nitrogens with one attached hydrogen (secondary N) is 1. The molecule has 0 radical (unpaired) electrons. The highest BCUT2D eigenvalue weighted by Crippen LogP contribution is 2.23. The number of aryl methyl sites for hydroxylation is 2. The van der Waals surface area contributed by atoms with Crippen LogP contribution in [0.15, 0.2) is 12.4 Å². The van der Waals surface area contributed by atoms with Crippen LogP contribution >= 0.6 is 0 Å². The van der Waals surface area contributed by atoms with Crippen molar-refractivity contribution in [1.82, 2.24) is 54.7 Å². The van der Waals surface area contributed by atoms with Crippen LogP contribution in [0.4, 0.5) is 17.8 Å². The summed E-state index contributed by atoms with van der Waals surface area (Å²) in [4.78, 5) is 60.1. The first kappa shape index (κ1) is 49.4. The molecule has 2 amide bonds. The number of carbonyl (C=O) groups is 3. The van der Waals surface area contributed by atoms with Crippen LogP contribution in [0, 0.1) is 12.3 Å². The zero-order chi connectivity index (χ0) is 43.6. The molecule has 23 nitrogen and oxygen atoms in total. The Bertz CT molecular complexity index is 1880. The molecule has 0 saturated carbocycles. The van der Waals surface area contributed by atoms with Gasteiger partial charge in [0.05, 0.1) is 63.5 Å². The van der Waals surface area contributed by atoms with E-state index in [0.29, 0.717) is 115 Å². The van der Waals surface area contributed by atoms with Crippen LogP contribution < -0.4 is 33.3 Å². The lowest BCUT2D eigenvalue weighted by Crippen LogP contribution is -3.00. The molecule has 0 bridgehead atoms. The van der Waals surface area contributed by atoms with Crippen molar-refractivity contribution < 1.29 is 56.9 Å². The van der Waals surface area contributed by atoms with Crippen LogP contribution in [-0.4, -0.2) is 194 Å². The second-order valence-corrected chi connectivity index (χ2v) is 14.7. The number of rotatable bonds is 25. The zero-order valence-corrected chi connectivity index (χ0v) is 36.3. The summed E-state index contributed by atoms with van der Waals surface area (Å²) >= 11 is 0. The van der Waals surface area contributed by atoms with Crippen LogP contribution in [-0.2, 0) is 41.4 Å². The number of quaternary nitrogens is 1. The first-order valence-corrected chi connectivity index (χ1v) is 20.8. The summed E-state index contributed by atoms with van der Waals surface area (Å²) < 4.78 is 19.3. The van der Waals surface area contributed by atoms with Crippen molar-refractivity contribution in [2.24, 2.45) is 0 Å². The van der Waals surface area contributed by atoms with Gasteiger partial charge in [-0.1, -0.05) is 16.3 Å². The summed E-state index contributed by atoms with van der Waals surface area (Å²) in [6.07, 6.45) is 10.3. The molecular formula is C38H60ClN15O8. The lowest BCUT2D eigenvalue weighted by atomic mass is 10.1. The molecule has 5 heterocycles. The summed E-state index contributed by atoms with van der Waals surface area (Å²) in [5, 5.41) is 39.4. The van der Waals surface area contributed by atoms with Gasteiger partial charge in [-0.25, -0.2) is 9.36 Å². The SMILES string of the molecule is C#CCOCCOCCOCCNc1nc(N2CCN(C(=O)C(C)n3cc(CCC(=O)O)nn3)CC2)nc(N2CCN(C(=O)C(C(C)O)n3cc(CCCC[NH3+])nn3)CC2)n1.[Cl-]. The molecule has 2 fully saturated rings. The van der Waals surface area contributed by atoms with Crippen molar-refractivity contribution >= 4 is 35.6 Å². The number of aliphatic carboxylic acids is 1. The van der Waals surface area contributed by atoms with Gasteiger partial charge in [-0.15, -0.1) is 16.6 Å². The van der Waals surface area contributed by atoms with E-state index in [1.165, 1.54) is 9.36 Å². The zero-order valence-electron chi connectivity index (χ0n) is 35.6. The van der Waals surface area contributed by atoms with Gasteiger partial charge in [0.2, 0.25) is 29.7 Å². The van der Waals surface area contributed by atoms with Crippen LogP contribution in [0.5, 0.6) is 0 Å². The molecule has 62 heavy (non-hydrogen) atoms. The van der Waals surface area contributed by atoms with E-state index in [-0.39, 0.29) is 43.7 Å². The summed E-state index contributed by atoms with van der Waals surface area (Å²) in [5.74, 6) is 2.34. The second kappa shape index (κ2) is 25.6. The molecule has 342 valence electrons. The average Bonchev–Trinajstić information content (AvgIpc) is 3.94. The predicted octanol–water partition coefficient (Wildman–Crippen LogP) is -5.08. The number of aliphatic hydroxyl groups is 1. The average molecular weight is 890 g/mol. The summed E-state index contributed by atoms with van der Waals surface area (Å²) in [6.45, 7) is 10.2. The number of carbonyl (C=O) groups excluding carboxylic acids is 2. The Balaban J connectivity index is 0.00000845. The lowest BCUT2D eigenvalue weighted by Gasteiger charge is -2.38. The Labute approximate surface area is 367 Å². The molecule has 0 aromatic carbocycles. The topological polar surface area (TPSA) is 272 Å². The Morgan fingerprint density at radius 1 is 0.790 bits per heavy atom. The molecule has 0 aliphatic carbocycles. The molecule has 2 aliphatic heterocycles. The molecule has 6 N–H and O–H groups in total. The number of anilines is 3. The van der Waals surface area contributed by atoms with Crippen molar-refractivity contribution in [1.29, 1.82) is 0 Å². The third-order valence-corrected chi connectivity index (χ3v) is 10.2. The van der Waals surface area contributed by atoms with Gasteiger partial charge >= 0.3 is 5.97 Å². The van der Waals surface area contributed by atoms with Crippen LogP contribution in [0.2, 0.25) is 0 Å². The number of carboxylic acid groups (broad SMARTS) is 1. The number of terminal acetylenes is 1. The number of nitrogens with zero attached hydrogens (tertiary/aromatic N) is 13. The number of amides is 2. The molecule has 3 aromatic rings. The van der Waals surface area contributed by atoms with Crippen LogP contribution in [0.3, 0.4) is 0 Å². The van der Waals surface area contributed by atoms with Crippen LogP contribution in [0.25, 0.3) is 0 Å². The van der Waals surface area contributed by atoms with Crippen LogP contribution in [0.1, 0.15) is 56.6 Å². The van der Waals surface area contributed by atoms with Crippen molar-refractivity contribution in [3.63, 3.8) is 0 Å². The van der Waals surface area contributed by atoms with E-state index in [4.69, 9.17) is 40.7 Å². The smallest absolute Gasteiger partial charge is 0.303 e. The largest absolute Gasteiger partial charge is 1.00 e. The molecular weight excluding hydrogens is 830 g/mol. The quantitative estimate of drug-likeness (QED) is 0.0458. The molecule has 24 heteroatoms. The maximum Gasteiger partial charge on any atom is 0.303 e. The van der Waals surface area contributed by atoms with Crippen molar-refractivity contribution in [3.8, 4) is 12.3 Å². The first-order valence-electron chi connectivity index (χ1n) is 20.8. The van der Waals surface area contributed by atoms with E-state index in [2.05, 4.69) is 37.6 Å². The van der Waals surface area contributed by atoms with Gasteiger partial charge in [0, 0.05) is 77.7 Å². The Hall–Kier alpha value is -5.25. The number of ether oxygens (including phenoxy) is 3. The highest BCUT2D eigenvalue weighted by Gasteiger charge is 2.34. The number of carboxylic acids is 1. The fraction of sp³-hybridized carbons (Fsp3) is 0.684. The maximum atomic E-state index is 13.8. The highest BCUT2D eigenvalue weighted by atomic mass is 35.5. The number of aliphatic hydroxyl groups excluding tert-OH is 1. The monoisotopic (exact) mass is 889 g/mol. The Morgan fingerprint density at radius 2 is 1.34 bits per heavy atom. The van der Waals surface area contributed by atoms with Gasteiger partial charge < -0.3 is 67.5 Å². The Morgan fingerprint density at radius 3 is 1.92 bits per heavy atom. The van der Waals surface area contributed by atoms with Crippen molar-refractivity contribution in [3.05, 3.63) is 23.8 Å². The van der Waals surface area contributed by atoms with Gasteiger partial charge in [0.25, 0.3) is 0 Å². The van der Waals surface area contributed by atoms with E-state index in [1.807, 2.05) is 9.80 Å². The Kier molecular flexibility index (Phi) is 20.4. The van der Waals surface area contributed by atoms with E-state index in [0.717, 1.165) is 31.5 Å². The normalized spacial score (nSPS) is 15.7. The lowest BCUT2D eigenvalue weighted by molar-refractivity contribution is -0.368. The first-order chi connectivity index (χ1) is 29.6. The molecule has 2 aliphatic rings. The fourth-order valence-corrected chi connectivity index (χ4v) is 6.78. The van der Waals surface area contributed by atoms with Gasteiger partial charge in [0.15, 0.2) is 6.04 Å². The minimum atomic E-state index is -0.986. The second-order valence-electron chi connectivity index (χ2n) is 14.7. The highest BCUT2D eigenvalue weighted by molar-refractivity contribution is 5.81. The number of piperazine rings is 2. The van der Waals surface area contributed by atoms with Gasteiger partial charge in [-0.2, -0.15) is 15.0 Å². The number of halogens is 1. The minimum Gasteiger partial charge on any atom is -1.00 e. The van der Waals surface area contributed by atoms with Gasteiger partial charge in [-0.3, -0.25) is 14.4 Å². The summed E-state index contributed by atoms with van der Waals surface area (Å²) in [7, 11) is 0. The minimum absolute atomic E-state index is 0. The molecule has 0 spiro atoms. The van der Waals surface area contributed by atoms with Crippen molar-refractivity contribution in [2.45, 2.75) is 64.1 Å². The standard InChI is InChI=1S/C38H59N15O8.ClH/c1-4-20-59-22-24-61-25-23-60-21-11-40-36-41-37(50-16-12-48(13-17-50)34(57)28(2)52-26-31(45-46-52)8-9-32(55)56)43-38(42-36)51-18-14-49(15-19-51)35(58)33(29(3)54)53-27-30(44-47-53)7-5-6-10-39;/h1,26-29,33,54H,5-25,39H2,2-3H3,(H,55,56)(H,40,41,42,43);1H. The number of hydrogen-bond donors (Lipinski definition) is 4. The van der Waals surface area contributed by atoms with Gasteiger partial charge in [0.1, 0.15) is 12.6 Å². The third kappa shape index (κ3) is 14.7. The molecule has 3 unspecified atom stereocenters. The van der Waals surface area contributed by atoms with E-state index >= 15 is 0 Å². The van der Waals surface area contributed by atoms with Gasteiger partial charge in [-0.05, 0) is 33.1 Å². The number of hydrogen-bond acceptors (Lipinski definition) is 17. The number of aromatic nitrogens is 9. The summed E-state index contributed by atoms with van der Waals surface area (Å²) in [5.41, 5.74) is 5.16.